The molecule has 1 aromatic heterocycles. The Hall–Kier alpha value is -2.67. The lowest BCUT2D eigenvalue weighted by atomic mass is 10.0. The van der Waals surface area contributed by atoms with Gasteiger partial charge in [0.05, 0.1) is 23.5 Å². The van der Waals surface area contributed by atoms with Gasteiger partial charge in [-0.2, -0.15) is 5.10 Å². The molecular weight excluding hydrogens is 332 g/mol. The van der Waals surface area contributed by atoms with E-state index in [1.54, 1.807) is 4.90 Å². The minimum absolute atomic E-state index is 0.0793. The minimum Gasteiger partial charge on any atom is -0.396 e. The smallest absolute Gasteiger partial charge is 0.257 e. The van der Waals surface area contributed by atoms with Gasteiger partial charge in [-0.3, -0.25) is 14.7 Å². The van der Waals surface area contributed by atoms with E-state index in [0.29, 0.717) is 24.3 Å². The zero-order chi connectivity index (χ0) is 18.8. The van der Waals surface area contributed by atoms with E-state index >= 15 is 0 Å². The second-order valence-corrected chi connectivity index (χ2v) is 6.94. The predicted octanol–water partition coefficient (Wildman–Crippen LogP) is 1.26. The number of nitrogens with one attached hydrogen (secondary N) is 2. The van der Waals surface area contributed by atoms with Crippen molar-refractivity contribution >= 4 is 11.8 Å². The van der Waals surface area contributed by atoms with Crippen LogP contribution in [0.25, 0.3) is 11.3 Å². The molecule has 1 aromatic carbocycles. The first-order valence-corrected chi connectivity index (χ1v) is 8.69. The number of hydrogen-bond donors (Lipinski definition) is 3. The van der Waals surface area contributed by atoms with Crippen molar-refractivity contribution in [2.45, 2.75) is 26.8 Å². The second kappa shape index (κ2) is 7.29. The van der Waals surface area contributed by atoms with Crippen molar-refractivity contribution in [3.8, 4) is 11.3 Å². The van der Waals surface area contributed by atoms with Gasteiger partial charge in [0, 0.05) is 38.1 Å². The number of aliphatic hydroxyl groups excluding tert-OH is 1. The maximum Gasteiger partial charge on any atom is 0.257 e. The van der Waals surface area contributed by atoms with Crippen molar-refractivity contribution < 1.29 is 14.7 Å². The average molecular weight is 356 g/mol. The highest BCUT2D eigenvalue weighted by molar-refractivity contribution is 6.00. The molecular formula is C19H24N4O3. The molecule has 0 radical (unpaired) electrons. The number of carbonyl (C=O) groups is 2. The zero-order valence-electron chi connectivity index (χ0n) is 15.2. The number of aromatic amines is 1. The Morgan fingerprint density at radius 3 is 2.77 bits per heavy atom. The Kier molecular flexibility index (Phi) is 5.08. The second-order valence-electron chi connectivity index (χ2n) is 6.94. The van der Waals surface area contributed by atoms with Crippen molar-refractivity contribution in [1.29, 1.82) is 0 Å². The van der Waals surface area contributed by atoms with Crippen LogP contribution in [0.3, 0.4) is 0 Å². The number of hydrogen-bond acceptors (Lipinski definition) is 4. The zero-order valence-corrected chi connectivity index (χ0v) is 15.2. The quantitative estimate of drug-likeness (QED) is 0.768. The van der Waals surface area contributed by atoms with Crippen LogP contribution in [0.15, 0.2) is 24.4 Å². The third-order valence-electron chi connectivity index (χ3n) is 4.87. The van der Waals surface area contributed by atoms with E-state index in [0.717, 1.165) is 16.7 Å². The van der Waals surface area contributed by atoms with Gasteiger partial charge in [-0.1, -0.05) is 23.8 Å². The number of benzene rings is 1. The van der Waals surface area contributed by atoms with Gasteiger partial charge in [0.25, 0.3) is 5.91 Å². The van der Waals surface area contributed by atoms with Gasteiger partial charge in [0.1, 0.15) is 0 Å². The van der Waals surface area contributed by atoms with E-state index in [4.69, 9.17) is 0 Å². The molecule has 0 saturated carbocycles. The van der Waals surface area contributed by atoms with Gasteiger partial charge in [-0.25, -0.2) is 0 Å². The summed E-state index contributed by atoms with van der Waals surface area (Å²) >= 11 is 0. The molecule has 1 aliphatic rings. The van der Waals surface area contributed by atoms with Crippen molar-refractivity contribution in [1.82, 2.24) is 20.4 Å². The van der Waals surface area contributed by atoms with Crippen LogP contribution in [0.1, 0.15) is 28.4 Å². The molecule has 2 aromatic rings. The van der Waals surface area contributed by atoms with Crippen molar-refractivity contribution in [3.05, 3.63) is 41.1 Å². The number of aryl methyl sites for hydroxylation is 2. The van der Waals surface area contributed by atoms with E-state index < -0.39 is 0 Å². The molecule has 1 aliphatic heterocycles. The summed E-state index contributed by atoms with van der Waals surface area (Å²) in [5, 5.41) is 19.4. The highest BCUT2D eigenvalue weighted by Crippen LogP contribution is 2.28. The normalized spacial score (nSPS) is 19.6. The fourth-order valence-corrected chi connectivity index (χ4v) is 3.56. The molecule has 0 spiro atoms. The van der Waals surface area contributed by atoms with Crippen LogP contribution >= 0.6 is 0 Å². The van der Waals surface area contributed by atoms with Gasteiger partial charge >= 0.3 is 0 Å². The van der Waals surface area contributed by atoms with Crippen LogP contribution in [0.2, 0.25) is 0 Å². The number of nitrogens with zero attached hydrogens (tertiary/aromatic N) is 2. The SMILES string of the molecule is CC(=O)NC1CN(C(=O)c2cn[nH]c2-c2ccc(C)cc2C)CC1CO. The lowest BCUT2D eigenvalue weighted by molar-refractivity contribution is -0.119. The number of H-pyrrole nitrogens is 1. The molecule has 0 aliphatic carbocycles. The van der Waals surface area contributed by atoms with E-state index in [1.165, 1.54) is 13.1 Å². The topological polar surface area (TPSA) is 98.3 Å². The molecule has 3 N–H and O–H groups in total. The van der Waals surface area contributed by atoms with Crippen LogP contribution in [0.5, 0.6) is 0 Å². The Morgan fingerprint density at radius 1 is 1.35 bits per heavy atom. The molecule has 138 valence electrons. The molecule has 2 atom stereocenters. The van der Waals surface area contributed by atoms with Crippen LogP contribution in [0, 0.1) is 19.8 Å². The minimum atomic E-state index is -0.238. The number of aromatic nitrogens is 2. The average Bonchev–Trinajstić information content (AvgIpc) is 3.20. The summed E-state index contributed by atoms with van der Waals surface area (Å²) in [5.41, 5.74) is 4.34. The standard InChI is InChI=1S/C19H24N4O3/c1-11-4-5-15(12(2)6-11)18-16(7-20-22-18)19(26)23-8-14(10-24)17(9-23)21-13(3)25/h4-7,14,17,24H,8-10H2,1-3H3,(H,20,22)(H,21,25). The highest BCUT2D eigenvalue weighted by Gasteiger charge is 2.36. The molecule has 3 rings (SSSR count). The van der Waals surface area contributed by atoms with Crippen molar-refractivity contribution in [3.63, 3.8) is 0 Å². The van der Waals surface area contributed by atoms with Gasteiger partial charge in [0.15, 0.2) is 0 Å². The fraction of sp³-hybridized carbons (Fsp3) is 0.421. The molecule has 1 fully saturated rings. The summed E-state index contributed by atoms with van der Waals surface area (Å²) in [4.78, 5) is 26.1. The van der Waals surface area contributed by atoms with E-state index in [2.05, 4.69) is 21.6 Å². The first kappa shape index (κ1) is 18.1. The molecule has 1 saturated heterocycles. The van der Waals surface area contributed by atoms with Crippen molar-refractivity contribution in [2.75, 3.05) is 19.7 Å². The largest absolute Gasteiger partial charge is 0.396 e. The molecule has 26 heavy (non-hydrogen) atoms. The maximum atomic E-state index is 13.0. The Bertz CT molecular complexity index is 830. The van der Waals surface area contributed by atoms with Gasteiger partial charge in [0.2, 0.25) is 5.91 Å². The van der Waals surface area contributed by atoms with Crippen LogP contribution in [0.4, 0.5) is 0 Å². The van der Waals surface area contributed by atoms with Crippen LogP contribution in [-0.2, 0) is 4.79 Å². The summed E-state index contributed by atoms with van der Waals surface area (Å²) < 4.78 is 0. The summed E-state index contributed by atoms with van der Waals surface area (Å²) in [6.45, 7) is 6.16. The first-order valence-electron chi connectivity index (χ1n) is 8.69. The van der Waals surface area contributed by atoms with E-state index in [1.807, 2.05) is 26.0 Å². The van der Waals surface area contributed by atoms with Gasteiger partial charge in [-0.15, -0.1) is 0 Å². The maximum absolute atomic E-state index is 13.0. The molecule has 0 bridgehead atoms. The van der Waals surface area contributed by atoms with Crippen LogP contribution < -0.4 is 5.32 Å². The predicted molar refractivity (Wildman–Crippen MR) is 97.6 cm³/mol. The van der Waals surface area contributed by atoms with Gasteiger partial charge in [-0.05, 0) is 19.4 Å². The summed E-state index contributed by atoms with van der Waals surface area (Å²) in [5.74, 6) is -0.485. The number of aliphatic hydroxyl groups is 1. The van der Waals surface area contributed by atoms with E-state index in [-0.39, 0.29) is 30.4 Å². The Morgan fingerprint density at radius 2 is 2.12 bits per heavy atom. The van der Waals surface area contributed by atoms with E-state index in [9.17, 15) is 14.7 Å². The van der Waals surface area contributed by atoms with Crippen LogP contribution in [-0.4, -0.2) is 57.8 Å². The third kappa shape index (κ3) is 3.48. The summed E-state index contributed by atoms with van der Waals surface area (Å²) in [6.07, 6.45) is 1.54. The highest BCUT2D eigenvalue weighted by atomic mass is 16.3. The Labute approximate surface area is 152 Å². The summed E-state index contributed by atoms with van der Waals surface area (Å²) in [7, 11) is 0. The fourth-order valence-electron chi connectivity index (χ4n) is 3.56. The number of amides is 2. The summed E-state index contributed by atoms with van der Waals surface area (Å²) in [6, 6.07) is 5.81. The molecule has 7 heteroatoms. The lowest BCUT2D eigenvalue weighted by Crippen LogP contribution is -2.40. The number of carbonyl (C=O) groups excluding carboxylic acids is 2. The third-order valence-corrected chi connectivity index (χ3v) is 4.87. The van der Waals surface area contributed by atoms with Gasteiger partial charge < -0.3 is 15.3 Å². The lowest BCUT2D eigenvalue weighted by Gasteiger charge is -2.17. The molecule has 2 unspecified atom stereocenters. The monoisotopic (exact) mass is 356 g/mol. The Balaban J connectivity index is 1.86. The first-order chi connectivity index (χ1) is 12.4. The number of rotatable bonds is 4. The molecule has 7 nitrogen and oxygen atoms in total. The van der Waals surface area contributed by atoms with Crippen molar-refractivity contribution in [2.24, 2.45) is 5.92 Å². The molecule has 2 amide bonds. The molecule has 2 heterocycles. The number of likely N-dealkylation sites (tertiary alicyclic amines) is 1.